The molecule has 10 heteroatoms. The van der Waals surface area contributed by atoms with E-state index < -0.39 is 24.3 Å². The molecule has 4 fully saturated rings. The van der Waals surface area contributed by atoms with Gasteiger partial charge in [-0.2, -0.15) is 0 Å². The van der Waals surface area contributed by atoms with E-state index in [-0.39, 0.29) is 66.2 Å². The van der Waals surface area contributed by atoms with Crippen molar-refractivity contribution >= 4 is 17.7 Å². The Hall–Kier alpha value is -1.81. The molecule has 0 radical (unpaired) electrons. The Morgan fingerprint density at radius 2 is 1.82 bits per heavy atom. The molecular weight excluding hydrogens is 492 g/mol. The van der Waals surface area contributed by atoms with Crippen LogP contribution >= 0.6 is 0 Å². The Kier molecular flexibility index (Phi) is 9.33. The molecule has 0 aromatic heterocycles. The second kappa shape index (κ2) is 12.1. The third-order valence-electron chi connectivity index (χ3n) is 9.20. The van der Waals surface area contributed by atoms with Gasteiger partial charge in [-0.25, -0.2) is 8.78 Å². The van der Waals surface area contributed by atoms with Crippen molar-refractivity contribution < 1.29 is 23.2 Å². The predicted molar refractivity (Wildman–Crippen MR) is 142 cm³/mol. The molecule has 38 heavy (non-hydrogen) atoms. The van der Waals surface area contributed by atoms with Crippen LogP contribution in [0.2, 0.25) is 0 Å². The lowest BCUT2D eigenvalue weighted by molar-refractivity contribution is -0.140. The third kappa shape index (κ3) is 7.03. The number of amides is 3. The average Bonchev–Trinajstić information content (AvgIpc) is 3.32. The minimum Gasteiger partial charge on any atom is -0.349 e. The summed E-state index contributed by atoms with van der Waals surface area (Å²) in [5, 5.41) is 12.6. The summed E-state index contributed by atoms with van der Waals surface area (Å²) in [6.07, 6.45) is 2.70. The maximum absolute atomic E-state index is 14.5. The van der Waals surface area contributed by atoms with Gasteiger partial charge in [0.2, 0.25) is 17.7 Å². The molecule has 3 amide bonds. The number of nitrogens with zero attached hydrogens (tertiary/aromatic N) is 1. The van der Waals surface area contributed by atoms with Crippen LogP contribution in [-0.4, -0.2) is 78.4 Å². The summed E-state index contributed by atoms with van der Waals surface area (Å²) in [6.45, 7) is 9.32. The van der Waals surface area contributed by atoms with Gasteiger partial charge in [-0.1, -0.05) is 13.8 Å². The van der Waals surface area contributed by atoms with Crippen LogP contribution in [-0.2, 0) is 14.4 Å². The second-order valence-corrected chi connectivity index (χ2v) is 13.0. The summed E-state index contributed by atoms with van der Waals surface area (Å²) in [7, 11) is 0. The van der Waals surface area contributed by atoms with Crippen molar-refractivity contribution in [3.8, 4) is 0 Å². The van der Waals surface area contributed by atoms with E-state index in [9.17, 15) is 23.2 Å². The van der Waals surface area contributed by atoms with Crippen LogP contribution in [0.1, 0.15) is 85.5 Å². The van der Waals surface area contributed by atoms with Crippen molar-refractivity contribution in [3.63, 3.8) is 0 Å². The molecule has 4 N–H and O–H groups in total. The number of hydrogen-bond acceptors (Lipinski definition) is 5. The summed E-state index contributed by atoms with van der Waals surface area (Å²) in [5.74, 6) is -1.09. The van der Waals surface area contributed by atoms with Gasteiger partial charge >= 0.3 is 0 Å². The number of alkyl halides is 2. The largest absolute Gasteiger partial charge is 0.349 e. The van der Waals surface area contributed by atoms with Gasteiger partial charge < -0.3 is 15.5 Å². The van der Waals surface area contributed by atoms with Crippen LogP contribution in [0.25, 0.3) is 0 Å². The Morgan fingerprint density at radius 1 is 1.08 bits per heavy atom. The molecule has 2 aliphatic heterocycles. The lowest BCUT2D eigenvalue weighted by Crippen LogP contribution is -2.58. The van der Waals surface area contributed by atoms with E-state index in [1.165, 1.54) is 0 Å². The standard InChI is InChI=1S/C28H47F2N5O3/c1-16-7-5-6-10-35(16)24(36)12-22(34-26(37)18-13-28(3,4)14-18)27(38)32-17(2)25-31-15-23(33-25)20-9-8-19(29)11-21(20)30/h16-23,25,31,33H,5-15H2,1-4H3,(H,32,38)(H,34,37)/t16-,17-,19?,20?,21?,22-,23?,25?/m0/s1. The number of likely N-dealkylation sites (tertiary alicyclic amines) is 1. The molecule has 2 saturated carbocycles. The van der Waals surface area contributed by atoms with Crippen molar-refractivity contribution in [1.29, 1.82) is 0 Å². The first kappa shape index (κ1) is 29.2. The molecule has 0 aromatic carbocycles. The highest BCUT2D eigenvalue weighted by atomic mass is 19.1. The zero-order valence-corrected chi connectivity index (χ0v) is 23.4. The van der Waals surface area contributed by atoms with E-state index in [4.69, 9.17) is 0 Å². The van der Waals surface area contributed by atoms with Gasteiger partial charge in [-0.15, -0.1) is 0 Å². The highest BCUT2D eigenvalue weighted by Gasteiger charge is 2.43. The second-order valence-electron chi connectivity index (χ2n) is 13.0. The number of halogens is 2. The van der Waals surface area contributed by atoms with Crippen LogP contribution in [0.3, 0.4) is 0 Å². The number of rotatable bonds is 8. The van der Waals surface area contributed by atoms with Crippen molar-refractivity contribution in [2.75, 3.05) is 13.1 Å². The number of piperidine rings is 1. The summed E-state index contributed by atoms with van der Waals surface area (Å²) in [5.41, 5.74) is 0.117. The van der Waals surface area contributed by atoms with Crippen molar-refractivity contribution in [3.05, 3.63) is 0 Å². The smallest absolute Gasteiger partial charge is 0.243 e. The molecule has 4 aliphatic rings. The Morgan fingerprint density at radius 3 is 2.47 bits per heavy atom. The first-order valence-electron chi connectivity index (χ1n) is 14.6. The van der Waals surface area contributed by atoms with Gasteiger partial charge in [0.25, 0.3) is 0 Å². The van der Waals surface area contributed by atoms with Gasteiger partial charge in [-0.05, 0) is 64.2 Å². The van der Waals surface area contributed by atoms with E-state index in [1.807, 2.05) is 18.7 Å². The van der Waals surface area contributed by atoms with Crippen molar-refractivity contribution in [2.45, 2.75) is 128 Å². The van der Waals surface area contributed by atoms with Crippen LogP contribution in [0, 0.1) is 17.3 Å². The van der Waals surface area contributed by atoms with Gasteiger partial charge in [0.05, 0.1) is 18.6 Å². The SMILES string of the molecule is C[C@H](NC(=O)[C@H](CC(=O)N1CCCC[C@@H]1C)NC(=O)C1CC(C)(C)C1)C1NCC(C2CCC(F)CC2F)N1. The molecule has 8 atom stereocenters. The molecule has 0 bridgehead atoms. The first-order valence-corrected chi connectivity index (χ1v) is 14.6. The highest BCUT2D eigenvalue weighted by molar-refractivity contribution is 5.93. The molecule has 4 rings (SSSR count). The van der Waals surface area contributed by atoms with Crippen molar-refractivity contribution in [2.24, 2.45) is 17.3 Å². The minimum atomic E-state index is -1.18. The topological polar surface area (TPSA) is 103 Å². The fourth-order valence-corrected chi connectivity index (χ4v) is 6.87. The molecule has 5 unspecified atom stereocenters. The number of hydrogen-bond donors (Lipinski definition) is 4. The number of carbonyl (C=O) groups excluding carboxylic acids is 3. The molecular formula is C28H47F2N5O3. The van der Waals surface area contributed by atoms with Gasteiger partial charge in [0.1, 0.15) is 18.4 Å². The lowest BCUT2D eigenvalue weighted by Gasteiger charge is -2.42. The lowest BCUT2D eigenvalue weighted by atomic mass is 9.64. The predicted octanol–water partition coefficient (Wildman–Crippen LogP) is 2.57. The fourth-order valence-electron chi connectivity index (χ4n) is 6.87. The summed E-state index contributed by atoms with van der Waals surface area (Å²) in [4.78, 5) is 41.4. The monoisotopic (exact) mass is 539 g/mol. The van der Waals surface area contributed by atoms with Gasteiger partial charge in [-0.3, -0.25) is 25.0 Å². The van der Waals surface area contributed by atoms with Crippen LogP contribution in [0.15, 0.2) is 0 Å². The maximum atomic E-state index is 14.5. The summed E-state index contributed by atoms with van der Waals surface area (Å²) >= 11 is 0. The molecule has 2 aliphatic carbocycles. The zero-order valence-electron chi connectivity index (χ0n) is 23.4. The highest BCUT2D eigenvalue weighted by Crippen LogP contribution is 2.44. The molecule has 2 heterocycles. The summed E-state index contributed by atoms with van der Waals surface area (Å²) in [6, 6.07) is -1.34. The van der Waals surface area contributed by atoms with Gasteiger partial charge in [0, 0.05) is 43.4 Å². The van der Waals surface area contributed by atoms with E-state index >= 15 is 0 Å². The molecule has 0 aromatic rings. The normalized spacial score (nSPS) is 35.2. The molecule has 0 spiro atoms. The van der Waals surface area contributed by atoms with Crippen LogP contribution in [0.4, 0.5) is 8.78 Å². The summed E-state index contributed by atoms with van der Waals surface area (Å²) < 4.78 is 28.1. The fraction of sp³-hybridized carbons (Fsp3) is 0.893. The van der Waals surface area contributed by atoms with Crippen LogP contribution in [0.5, 0.6) is 0 Å². The number of nitrogens with one attached hydrogen (secondary N) is 4. The zero-order chi connectivity index (χ0) is 27.6. The van der Waals surface area contributed by atoms with Crippen molar-refractivity contribution in [1.82, 2.24) is 26.2 Å². The van der Waals surface area contributed by atoms with E-state index in [2.05, 4.69) is 35.1 Å². The molecule has 8 nitrogen and oxygen atoms in total. The van der Waals surface area contributed by atoms with E-state index in [0.29, 0.717) is 25.9 Å². The molecule has 216 valence electrons. The van der Waals surface area contributed by atoms with E-state index in [1.54, 1.807) is 0 Å². The Labute approximate surface area is 225 Å². The number of carbonyl (C=O) groups is 3. The molecule has 2 saturated heterocycles. The van der Waals surface area contributed by atoms with E-state index in [0.717, 1.165) is 32.1 Å². The first-order chi connectivity index (χ1) is 17.9. The minimum absolute atomic E-state index is 0.0526. The van der Waals surface area contributed by atoms with Crippen LogP contribution < -0.4 is 21.3 Å². The Bertz CT molecular complexity index is 865. The quantitative estimate of drug-likeness (QED) is 0.380. The Balaban J connectivity index is 1.35. The average molecular weight is 540 g/mol. The third-order valence-corrected chi connectivity index (χ3v) is 9.20. The van der Waals surface area contributed by atoms with Gasteiger partial charge in [0.15, 0.2) is 0 Å². The maximum Gasteiger partial charge on any atom is 0.243 e.